The monoisotopic (exact) mass is 347 g/mol. The summed E-state index contributed by atoms with van der Waals surface area (Å²) in [5.41, 5.74) is 1.13. The van der Waals surface area contributed by atoms with E-state index in [0.717, 1.165) is 11.3 Å². The first-order valence-electron chi connectivity index (χ1n) is 7.52. The predicted octanol–water partition coefficient (Wildman–Crippen LogP) is 3.18. The number of allylic oxidation sites excluding steroid dienone is 1. The molecule has 0 aliphatic rings. The Morgan fingerprint density at radius 1 is 1.46 bits per heavy atom. The summed E-state index contributed by atoms with van der Waals surface area (Å²) in [5, 5.41) is 9.02. The number of nitrogens with zero attached hydrogens (tertiary/aromatic N) is 3. The van der Waals surface area contributed by atoms with Crippen LogP contribution in [0.25, 0.3) is 0 Å². The minimum atomic E-state index is -0.307. The van der Waals surface area contributed by atoms with E-state index in [2.05, 4.69) is 21.5 Å². The van der Waals surface area contributed by atoms with Crippen molar-refractivity contribution >= 4 is 17.7 Å². The number of esters is 1. The van der Waals surface area contributed by atoms with Crippen LogP contribution in [0.2, 0.25) is 0 Å². The van der Waals surface area contributed by atoms with Crippen LogP contribution in [0.4, 0.5) is 0 Å². The van der Waals surface area contributed by atoms with Crippen molar-refractivity contribution in [3.8, 4) is 5.75 Å². The lowest BCUT2D eigenvalue weighted by Crippen LogP contribution is -2.12. The quantitative estimate of drug-likeness (QED) is 0.415. The number of thioether (sulfide) groups is 1. The Balaban J connectivity index is 2.17. The maximum Gasteiger partial charge on any atom is 0.316 e. The molecular formula is C17H21N3O3S. The Kier molecular flexibility index (Phi) is 6.43. The van der Waals surface area contributed by atoms with Crippen LogP contribution in [0.15, 0.2) is 42.1 Å². The number of methoxy groups -OCH3 is 1. The molecule has 0 saturated carbocycles. The van der Waals surface area contributed by atoms with E-state index in [1.54, 1.807) is 6.08 Å². The first-order valence-corrected chi connectivity index (χ1v) is 8.50. The van der Waals surface area contributed by atoms with Gasteiger partial charge in [0.15, 0.2) is 17.1 Å². The zero-order valence-corrected chi connectivity index (χ0v) is 14.9. The van der Waals surface area contributed by atoms with E-state index in [1.807, 2.05) is 42.7 Å². The van der Waals surface area contributed by atoms with E-state index < -0.39 is 0 Å². The van der Waals surface area contributed by atoms with Crippen LogP contribution >= 0.6 is 11.8 Å². The molecule has 1 heterocycles. The fraction of sp³-hybridized carbons (Fsp3) is 0.353. The first kappa shape index (κ1) is 18.1. The molecule has 7 heteroatoms. The normalized spacial score (nSPS) is 11.8. The molecule has 128 valence electrons. The zero-order chi connectivity index (χ0) is 17.5. The summed E-state index contributed by atoms with van der Waals surface area (Å²) in [6.07, 6.45) is 1.47. The molecule has 2 rings (SSSR count). The lowest BCUT2D eigenvalue weighted by molar-refractivity contribution is -0.137. The molecule has 0 fully saturated rings. The summed E-state index contributed by atoms with van der Waals surface area (Å²) in [6, 6.07) is 7.84. The van der Waals surface area contributed by atoms with Gasteiger partial charge in [-0.25, -0.2) is 0 Å². The molecular weight excluding hydrogens is 326 g/mol. The van der Waals surface area contributed by atoms with Crippen molar-refractivity contribution in [2.75, 3.05) is 12.9 Å². The van der Waals surface area contributed by atoms with Gasteiger partial charge in [-0.05, 0) is 31.5 Å². The Labute approximate surface area is 145 Å². The Bertz CT molecular complexity index is 715. The maximum atomic E-state index is 11.3. The molecule has 1 unspecified atom stereocenters. The standard InChI is InChI=1S/C17H21N3O3S/c1-5-9-20-16(18-19-17(20)24-11-15(21)22-4)13(3)23-14-8-6-7-12(2)10-14/h5-8,10,13H,1,9,11H2,2-4H3. The highest BCUT2D eigenvalue weighted by Crippen LogP contribution is 2.25. The lowest BCUT2D eigenvalue weighted by Gasteiger charge is -2.16. The highest BCUT2D eigenvalue weighted by Gasteiger charge is 2.19. The highest BCUT2D eigenvalue weighted by atomic mass is 32.2. The summed E-state index contributed by atoms with van der Waals surface area (Å²) >= 11 is 1.28. The number of carbonyl (C=O) groups is 1. The average molecular weight is 347 g/mol. The average Bonchev–Trinajstić information content (AvgIpc) is 2.96. The smallest absolute Gasteiger partial charge is 0.316 e. The summed E-state index contributed by atoms with van der Waals surface area (Å²) in [7, 11) is 1.36. The van der Waals surface area contributed by atoms with Crippen molar-refractivity contribution in [3.05, 3.63) is 48.3 Å². The molecule has 1 aromatic carbocycles. The highest BCUT2D eigenvalue weighted by molar-refractivity contribution is 7.99. The molecule has 0 spiro atoms. The molecule has 0 bridgehead atoms. The van der Waals surface area contributed by atoms with Gasteiger partial charge in [-0.2, -0.15) is 0 Å². The van der Waals surface area contributed by atoms with Crippen molar-refractivity contribution in [3.63, 3.8) is 0 Å². The maximum absolute atomic E-state index is 11.3. The van der Waals surface area contributed by atoms with Gasteiger partial charge in [0.2, 0.25) is 0 Å². The van der Waals surface area contributed by atoms with Crippen molar-refractivity contribution in [1.29, 1.82) is 0 Å². The third-order valence-corrected chi connectivity index (χ3v) is 4.21. The van der Waals surface area contributed by atoms with Crippen LogP contribution in [-0.4, -0.2) is 33.6 Å². The van der Waals surface area contributed by atoms with E-state index in [-0.39, 0.29) is 17.8 Å². The van der Waals surface area contributed by atoms with Gasteiger partial charge >= 0.3 is 5.97 Å². The summed E-state index contributed by atoms with van der Waals surface area (Å²) in [6.45, 7) is 8.23. The second kappa shape index (κ2) is 8.54. The lowest BCUT2D eigenvalue weighted by atomic mass is 10.2. The molecule has 6 nitrogen and oxygen atoms in total. The molecule has 0 aliphatic carbocycles. The molecule has 0 saturated heterocycles. The van der Waals surface area contributed by atoms with Gasteiger partial charge in [-0.15, -0.1) is 16.8 Å². The van der Waals surface area contributed by atoms with Crippen LogP contribution in [0, 0.1) is 6.92 Å². The third-order valence-electron chi connectivity index (χ3n) is 3.27. The molecule has 2 aromatic rings. The minimum absolute atomic E-state index is 0.179. The molecule has 1 aromatic heterocycles. The van der Waals surface area contributed by atoms with Crippen LogP contribution in [0.3, 0.4) is 0 Å². The molecule has 0 N–H and O–H groups in total. The number of ether oxygens (including phenoxy) is 2. The second-order valence-electron chi connectivity index (χ2n) is 5.18. The SMILES string of the molecule is C=CCn1c(SCC(=O)OC)nnc1C(C)Oc1cccc(C)c1. The van der Waals surface area contributed by atoms with Crippen molar-refractivity contribution in [2.45, 2.75) is 31.7 Å². The minimum Gasteiger partial charge on any atom is -0.483 e. The van der Waals surface area contributed by atoms with Gasteiger partial charge < -0.3 is 9.47 Å². The van der Waals surface area contributed by atoms with E-state index in [4.69, 9.17) is 4.74 Å². The molecule has 24 heavy (non-hydrogen) atoms. The van der Waals surface area contributed by atoms with E-state index in [0.29, 0.717) is 17.5 Å². The van der Waals surface area contributed by atoms with Crippen LogP contribution < -0.4 is 4.74 Å². The fourth-order valence-corrected chi connectivity index (χ4v) is 2.92. The van der Waals surface area contributed by atoms with Gasteiger partial charge in [-0.3, -0.25) is 9.36 Å². The van der Waals surface area contributed by atoms with Gasteiger partial charge in [0.05, 0.1) is 12.9 Å². The molecule has 0 amide bonds. The number of carbonyl (C=O) groups excluding carboxylic acids is 1. The Hall–Kier alpha value is -2.28. The number of hydrogen-bond acceptors (Lipinski definition) is 6. The summed E-state index contributed by atoms with van der Waals surface area (Å²) in [4.78, 5) is 11.3. The Morgan fingerprint density at radius 3 is 2.92 bits per heavy atom. The first-order chi connectivity index (χ1) is 11.5. The molecule has 1 atom stereocenters. The van der Waals surface area contributed by atoms with Crippen LogP contribution in [0.5, 0.6) is 5.75 Å². The largest absolute Gasteiger partial charge is 0.483 e. The van der Waals surface area contributed by atoms with Gasteiger partial charge in [0, 0.05) is 6.54 Å². The number of aryl methyl sites for hydroxylation is 1. The Morgan fingerprint density at radius 2 is 2.25 bits per heavy atom. The van der Waals surface area contributed by atoms with Crippen molar-refractivity contribution in [1.82, 2.24) is 14.8 Å². The van der Waals surface area contributed by atoms with Crippen LogP contribution in [0.1, 0.15) is 24.4 Å². The van der Waals surface area contributed by atoms with E-state index in [1.165, 1.54) is 18.9 Å². The third kappa shape index (κ3) is 4.61. The number of benzene rings is 1. The number of rotatable bonds is 8. The fourth-order valence-electron chi connectivity index (χ4n) is 2.14. The van der Waals surface area contributed by atoms with Crippen molar-refractivity contribution in [2.24, 2.45) is 0 Å². The van der Waals surface area contributed by atoms with E-state index >= 15 is 0 Å². The van der Waals surface area contributed by atoms with Gasteiger partial charge in [0.25, 0.3) is 0 Å². The number of aromatic nitrogens is 3. The number of hydrogen-bond donors (Lipinski definition) is 0. The topological polar surface area (TPSA) is 66.2 Å². The van der Waals surface area contributed by atoms with E-state index in [9.17, 15) is 4.79 Å². The zero-order valence-electron chi connectivity index (χ0n) is 14.1. The van der Waals surface area contributed by atoms with Crippen molar-refractivity contribution < 1.29 is 14.3 Å². The van der Waals surface area contributed by atoms with Crippen LogP contribution in [-0.2, 0) is 16.1 Å². The predicted molar refractivity (Wildman–Crippen MR) is 93.2 cm³/mol. The summed E-state index contributed by atoms with van der Waals surface area (Å²) in [5.74, 6) is 1.33. The molecule has 0 aliphatic heterocycles. The summed E-state index contributed by atoms with van der Waals surface area (Å²) < 4.78 is 12.5. The second-order valence-corrected chi connectivity index (χ2v) is 6.12. The van der Waals surface area contributed by atoms with Gasteiger partial charge in [-0.1, -0.05) is 30.0 Å². The molecule has 0 radical (unpaired) electrons. The van der Waals surface area contributed by atoms with Gasteiger partial charge in [0.1, 0.15) is 5.75 Å².